The third kappa shape index (κ3) is 5.15. The number of hydrogen-bond acceptors (Lipinski definition) is 5. The van der Waals surface area contributed by atoms with Gasteiger partial charge in [-0.2, -0.15) is 0 Å². The summed E-state index contributed by atoms with van der Waals surface area (Å²) in [5.74, 6) is -0.582. The lowest BCUT2D eigenvalue weighted by molar-refractivity contribution is -0.133. The first-order valence-electron chi connectivity index (χ1n) is 8.00. The second-order valence-electron chi connectivity index (χ2n) is 6.07. The minimum absolute atomic E-state index is 0.106. The highest BCUT2D eigenvalue weighted by atomic mass is 16.3. The molecule has 1 fully saturated rings. The van der Waals surface area contributed by atoms with Gasteiger partial charge in [-0.3, -0.25) is 14.6 Å². The summed E-state index contributed by atoms with van der Waals surface area (Å²) >= 11 is 0. The number of aliphatic hydroxyl groups excluding tert-OH is 1. The molecule has 0 unspecified atom stereocenters. The van der Waals surface area contributed by atoms with Gasteiger partial charge in [-0.15, -0.1) is 0 Å². The fourth-order valence-corrected chi connectivity index (χ4v) is 2.50. The van der Waals surface area contributed by atoms with Gasteiger partial charge in [0.1, 0.15) is 0 Å². The number of hydrogen-bond donors (Lipinski definition) is 3. The van der Waals surface area contributed by atoms with E-state index in [1.54, 1.807) is 32.4 Å². The number of aromatic nitrogens is 1. The first-order valence-corrected chi connectivity index (χ1v) is 8.00. The molecule has 0 aliphatic carbocycles. The normalized spacial score (nSPS) is 19.9. The minimum atomic E-state index is -0.872. The lowest BCUT2D eigenvalue weighted by Gasteiger charge is -2.36. The van der Waals surface area contributed by atoms with Gasteiger partial charge in [-0.1, -0.05) is 0 Å². The number of carbonyl (C=O) groups excluding carboxylic acids is 3. The lowest BCUT2D eigenvalue weighted by atomic mass is 10.0. The standard InChI is InChI=1S/C16H23N5O4/c1-20(2)16(25)18-9-14(23)21-7-5-12(13(22)10-21)19-15(24)11-4-3-6-17-8-11/h3-4,6,8,12-13,22H,5,7,9-10H2,1-2H3,(H,18,25)(H,19,24)/t12-,13-/m1/s1. The quantitative estimate of drug-likeness (QED) is 0.648. The minimum Gasteiger partial charge on any atom is -0.389 e. The summed E-state index contributed by atoms with van der Waals surface area (Å²) in [5.41, 5.74) is 0.416. The summed E-state index contributed by atoms with van der Waals surface area (Å²) in [4.78, 5) is 42.4. The largest absolute Gasteiger partial charge is 0.389 e. The number of carbonyl (C=O) groups is 3. The van der Waals surface area contributed by atoms with E-state index >= 15 is 0 Å². The summed E-state index contributed by atoms with van der Waals surface area (Å²) < 4.78 is 0. The topological polar surface area (TPSA) is 115 Å². The van der Waals surface area contributed by atoms with Crippen molar-refractivity contribution in [3.05, 3.63) is 30.1 Å². The van der Waals surface area contributed by atoms with Crippen LogP contribution in [0.5, 0.6) is 0 Å². The van der Waals surface area contributed by atoms with Crippen LogP contribution in [0.1, 0.15) is 16.8 Å². The number of β-amino-alcohol motifs (C(OH)–C–C–N with tert-alkyl or cyclic N) is 1. The van der Waals surface area contributed by atoms with Crippen molar-refractivity contribution in [1.82, 2.24) is 25.4 Å². The van der Waals surface area contributed by atoms with Crippen LogP contribution < -0.4 is 10.6 Å². The molecule has 1 aliphatic heterocycles. The molecule has 9 heteroatoms. The SMILES string of the molecule is CN(C)C(=O)NCC(=O)N1CC[C@@H](NC(=O)c2cccnc2)[C@H](O)C1. The van der Waals surface area contributed by atoms with Crippen molar-refractivity contribution >= 4 is 17.8 Å². The molecule has 25 heavy (non-hydrogen) atoms. The third-order valence-electron chi connectivity index (χ3n) is 3.97. The van der Waals surface area contributed by atoms with Gasteiger partial charge in [0.2, 0.25) is 5.91 Å². The van der Waals surface area contributed by atoms with Crippen LogP contribution >= 0.6 is 0 Å². The van der Waals surface area contributed by atoms with Crippen molar-refractivity contribution in [3.8, 4) is 0 Å². The van der Waals surface area contributed by atoms with Gasteiger partial charge < -0.3 is 25.5 Å². The van der Waals surface area contributed by atoms with Crippen molar-refractivity contribution < 1.29 is 19.5 Å². The van der Waals surface area contributed by atoms with Gasteiger partial charge in [0.05, 0.1) is 24.3 Å². The number of pyridine rings is 1. The highest BCUT2D eigenvalue weighted by molar-refractivity contribution is 5.94. The summed E-state index contributed by atoms with van der Waals surface area (Å²) in [5, 5.41) is 15.5. The Hall–Kier alpha value is -2.68. The van der Waals surface area contributed by atoms with Crippen molar-refractivity contribution in [2.45, 2.75) is 18.6 Å². The number of rotatable bonds is 4. The predicted molar refractivity (Wildman–Crippen MR) is 89.8 cm³/mol. The maximum Gasteiger partial charge on any atom is 0.317 e. The van der Waals surface area contributed by atoms with Crippen LogP contribution in [0.3, 0.4) is 0 Å². The number of aliphatic hydroxyl groups is 1. The lowest BCUT2D eigenvalue weighted by Crippen LogP contribution is -2.56. The summed E-state index contributed by atoms with van der Waals surface area (Å²) in [6, 6.07) is 2.51. The third-order valence-corrected chi connectivity index (χ3v) is 3.97. The van der Waals surface area contributed by atoms with Crippen LogP contribution in [-0.4, -0.2) is 83.6 Å². The Kier molecular flexibility index (Phi) is 6.29. The van der Waals surface area contributed by atoms with Crippen molar-refractivity contribution in [2.24, 2.45) is 0 Å². The second-order valence-corrected chi connectivity index (χ2v) is 6.07. The van der Waals surface area contributed by atoms with Crippen molar-refractivity contribution in [1.29, 1.82) is 0 Å². The Morgan fingerprint density at radius 1 is 1.40 bits per heavy atom. The van der Waals surface area contributed by atoms with E-state index in [1.807, 2.05) is 0 Å². The average molecular weight is 349 g/mol. The molecule has 0 spiro atoms. The number of likely N-dealkylation sites (tertiary alicyclic amines) is 1. The zero-order valence-electron chi connectivity index (χ0n) is 14.3. The van der Waals surface area contributed by atoms with E-state index in [4.69, 9.17) is 0 Å². The molecule has 4 amide bonds. The molecule has 1 aromatic heterocycles. The molecular weight excluding hydrogens is 326 g/mol. The number of nitrogens with zero attached hydrogens (tertiary/aromatic N) is 3. The Morgan fingerprint density at radius 2 is 2.16 bits per heavy atom. The van der Waals surface area contributed by atoms with Gasteiger partial charge in [-0.05, 0) is 18.6 Å². The highest BCUT2D eigenvalue weighted by Crippen LogP contribution is 2.12. The van der Waals surface area contributed by atoms with E-state index in [0.29, 0.717) is 18.5 Å². The molecule has 1 saturated heterocycles. The molecule has 0 aromatic carbocycles. The zero-order chi connectivity index (χ0) is 18.4. The van der Waals surface area contributed by atoms with Crippen LogP contribution in [0.4, 0.5) is 4.79 Å². The van der Waals surface area contributed by atoms with Crippen LogP contribution in [0.15, 0.2) is 24.5 Å². The summed E-state index contributed by atoms with van der Waals surface area (Å²) in [6.07, 6.45) is 2.59. The predicted octanol–water partition coefficient (Wildman–Crippen LogP) is -0.956. The zero-order valence-corrected chi connectivity index (χ0v) is 14.3. The van der Waals surface area contributed by atoms with E-state index in [-0.39, 0.29) is 30.9 Å². The smallest absolute Gasteiger partial charge is 0.317 e. The first kappa shape index (κ1) is 18.7. The number of urea groups is 1. The van der Waals surface area contributed by atoms with Crippen molar-refractivity contribution in [2.75, 3.05) is 33.7 Å². The Morgan fingerprint density at radius 3 is 2.76 bits per heavy atom. The highest BCUT2D eigenvalue weighted by Gasteiger charge is 2.31. The van der Waals surface area contributed by atoms with Gasteiger partial charge in [0.15, 0.2) is 0 Å². The average Bonchev–Trinajstić information content (AvgIpc) is 2.61. The summed E-state index contributed by atoms with van der Waals surface area (Å²) in [6.45, 7) is 0.372. The van der Waals surface area contributed by atoms with Crippen LogP contribution in [0.2, 0.25) is 0 Å². The van der Waals surface area contributed by atoms with Crippen LogP contribution in [-0.2, 0) is 4.79 Å². The molecule has 2 heterocycles. The number of amides is 4. The molecule has 0 bridgehead atoms. The molecule has 2 rings (SSSR count). The van der Waals surface area contributed by atoms with Crippen molar-refractivity contribution in [3.63, 3.8) is 0 Å². The Bertz CT molecular complexity index is 622. The maximum atomic E-state index is 12.1. The first-order chi connectivity index (χ1) is 11.9. The van der Waals surface area contributed by atoms with E-state index < -0.39 is 12.1 Å². The van der Waals surface area contributed by atoms with Gasteiger partial charge in [0, 0.05) is 39.6 Å². The van der Waals surface area contributed by atoms with Gasteiger partial charge in [-0.25, -0.2) is 4.79 Å². The van der Waals surface area contributed by atoms with Gasteiger partial charge >= 0.3 is 6.03 Å². The molecule has 1 aromatic rings. The molecular formula is C16H23N5O4. The maximum absolute atomic E-state index is 12.1. The van der Waals surface area contributed by atoms with Crippen LogP contribution in [0.25, 0.3) is 0 Å². The molecule has 3 N–H and O–H groups in total. The molecule has 0 radical (unpaired) electrons. The number of piperidine rings is 1. The monoisotopic (exact) mass is 349 g/mol. The fourth-order valence-electron chi connectivity index (χ4n) is 2.50. The molecule has 2 atom stereocenters. The molecule has 1 aliphatic rings. The second kappa shape index (κ2) is 8.43. The summed E-state index contributed by atoms with van der Waals surface area (Å²) in [7, 11) is 3.17. The van der Waals surface area contributed by atoms with E-state index in [1.165, 1.54) is 16.0 Å². The molecule has 9 nitrogen and oxygen atoms in total. The Balaban J connectivity index is 1.82. The van der Waals surface area contributed by atoms with Crippen LogP contribution in [0, 0.1) is 0 Å². The van der Waals surface area contributed by atoms with Gasteiger partial charge in [0.25, 0.3) is 5.91 Å². The fraction of sp³-hybridized carbons (Fsp3) is 0.500. The molecule has 136 valence electrons. The van der Waals surface area contributed by atoms with E-state index in [9.17, 15) is 19.5 Å². The van der Waals surface area contributed by atoms with E-state index in [2.05, 4.69) is 15.6 Å². The Labute approximate surface area is 146 Å². The van der Waals surface area contributed by atoms with E-state index in [0.717, 1.165) is 0 Å². The number of nitrogens with one attached hydrogen (secondary N) is 2. The molecule has 0 saturated carbocycles.